The number of benzene rings is 1. The van der Waals surface area contributed by atoms with Crippen LogP contribution in [0, 0.1) is 17.2 Å². The molecule has 1 saturated carbocycles. The zero-order chi connectivity index (χ0) is 24.3. The van der Waals surface area contributed by atoms with Gasteiger partial charge in [-0.1, -0.05) is 17.3 Å². The summed E-state index contributed by atoms with van der Waals surface area (Å²) in [5.41, 5.74) is 1.89. The van der Waals surface area contributed by atoms with Crippen LogP contribution < -0.4 is 4.90 Å². The number of anilines is 1. The van der Waals surface area contributed by atoms with Gasteiger partial charge in [-0.3, -0.25) is 4.90 Å². The molecule has 0 bridgehead atoms. The molecule has 0 N–H and O–H groups in total. The molecule has 1 amide bonds. The van der Waals surface area contributed by atoms with Gasteiger partial charge in [-0.05, 0) is 58.2 Å². The van der Waals surface area contributed by atoms with E-state index in [4.69, 9.17) is 9.57 Å². The number of hydrogen-bond donors (Lipinski definition) is 0. The van der Waals surface area contributed by atoms with Crippen molar-refractivity contribution in [3.63, 3.8) is 0 Å². The Labute approximate surface area is 202 Å². The third-order valence-corrected chi connectivity index (χ3v) is 7.70. The third kappa shape index (κ3) is 4.00. The highest BCUT2D eigenvalue weighted by Gasteiger charge is 2.49. The number of ether oxygens (including phenoxy) is 1. The SMILES string of the molecule is CC1=NOC1(C)N(CC1CN(C2CN(C(=O)OC(C)(C)C)C2)C1)c1ccc(C2(C#N)CC2)cc1. The van der Waals surface area contributed by atoms with Gasteiger partial charge in [0.25, 0.3) is 0 Å². The van der Waals surface area contributed by atoms with Crippen LogP contribution in [0.3, 0.4) is 0 Å². The van der Waals surface area contributed by atoms with Crippen LogP contribution in [0.25, 0.3) is 0 Å². The zero-order valence-corrected chi connectivity index (χ0v) is 20.9. The quantitative estimate of drug-likeness (QED) is 0.637. The molecule has 1 aromatic carbocycles. The molecule has 1 aromatic rings. The van der Waals surface area contributed by atoms with Crippen molar-refractivity contribution < 1.29 is 14.4 Å². The third-order valence-electron chi connectivity index (χ3n) is 7.70. The van der Waals surface area contributed by atoms with Crippen LogP contribution in [0.4, 0.5) is 10.5 Å². The van der Waals surface area contributed by atoms with E-state index in [2.05, 4.69) is 52.2 Å². The number of carbonyl (C=O) groups is 1. The lowest BCUT2D eigenvalue weighted by molar-refractivity contribution is -0.0525. The molecule has 1 unspecified atom stereocenters. The molecule has 34 heavy (non-hydrogen) atoms. The van der Waals surface area contributed by atoms with Gasteiger partial charge >= 0.3 is 6.09 Å². The van der Waals surface area contributed by atoms with Crippen molar-refractivity contribution >= 4 is 17.5 Å². The van der Waals surface area contributed by atoms with Gasteiger partial charge < -0.3 is 19.4 Å². The van der Waals surface area contributed by atoms with Gasteiger partial charge in [-0.2, -0.15) is 5.26 Å². The van der Waals surface area contributed by atoms with E-state index >= 15 is 0 Å². The first-order chi connectivity index (χ1) is 16.0. The van der Waals surface area contributed by atoms with Crippen LogP contribution in [0.15, 0.2) is 29.4 Å². The molecule has 1 aliphatic carbocycles. The van der Waals surface area contributed by atoms with Gasteiger partial charge in [0.15, 0.2) is 0 Å². The monoisotopic (exact) mass is 465 g/mol. The van der Waals surface area contributed by atoms with Crippen LogP contribution in [0.5, 0.6) is 0 Å². The Morgan fingerprint density at radius 1 is 1.24 bits per heavy atom. The van der Waals surface area contributed by atoms with Gasteiger partial charge in [0.1, 0.15) is 11.3 Å². The Bertz CT molecular complexity index is 1020. The van der Waals surface area contributed by atoms with Crippen LogP contribution in [0.2, 0.25) is 0 Å². The summed E-state index contributed by atoms with van der Waals surface area (Å²) in [4.78, 5) is 24.5. The molecule has 2 saturated heterocycles. The first kappa shape index (κ1) is 23.0. The summed E-state index contributed by atoms with van der Waals surface area (Å²) in [5.74, 6) is 0.512. The fourth-order valence-electron chi connectivity index (χ4n) is 5.03. The molecule has 0 radical (unpaired) electrons. The van der Waals surface area contributed by atoms with Gasteiger partial charge in [-0.25, -0.2) is 4.79 Å². The Morgan fingerprint density at radius 3 is 2.35 bits per heavy atom. The maximum absolute atomic E-state index is 12.2. The van der Waals surface area contributed by atoms with E-state index in [1.807, 2.05) is 27.7 Å². The lowest BCUT2D eigenvalue weighted by atomic mass is 9.92. The highest BCUT2D eigenvalue weighted by atomic mass is 16.7. The Hall–Kier alpha value is -2.79. The van der Waals surface area contributed by atoms with Gasteiger partial charge in [0, 0.05) is 57.3 Å². The normalized spacial score (nSPS) is 26.2. The number of likely N-dealkylation sites (tertiary alicyclic amines) is 2. The maximum Gasteiger partial charge on any atom is 0.410 e. The average Bonchev–Trinajstić information content (AvgIpc) is 3.52. The molecular weight excluding hydrogens is 430 g/mol. The molecule has 8 nitrogen and oxygen atoms in total. The lowest BCUT2D eigenvalue weighted by Gasteiger charge is -2.54. The smallest absolute Gasteiger partial charge is 0.410 e. The van der Waals surface area contributed by atoms with Crippen molar-refractivity contribution in [3.8, 4) is 6.07 Å². The summed E-state index contributed by atoms with van der Waals surface area (Å²) < 4.78 is 5.47. The van der Waals surface area contributed by atoms with Crippen molar-refractivity contribution in [1.82, 2.24) is 9.80 Å². The summed E-state index contributed by atoms with van der Waals surface area (Å²) in [7, 11) is 0. The number of nitrogens with zero attached hydrogens (tertiary/aromatic N) is 5. The van der Waals surface area contributed by atoms with Gasteiger partial charge in [0.2, 0.25) is 5.72 Å². The largest absolute Gasteiger partial charge is 0.444 e. The molecule has 3 aliphatic heterocycles. The van der Waals surface area contributed by atoms with Gasteiger partial charge in [0.05, 0.1) is 11.5 Å². The van der Waals surface area contributed by atoms with Crippen molar-refractivity contribution in [2.45, 2.75) is 70.2 Å². The molecule has 0 aromatic heterocycles. The number of oxime groups is 1. The summed E-state index contributed by atoms with van der Waals surface area (Å²) in [6, 6.07) is 11.3. The summed E-state index contributed by atoms with van der Waals surface area (Å²) >= 11 is 0. The van der Waals surface area contributed by atoms with Crippen LogP contribution in [-0.2, 0) is 15.0 Å². The van der Waals surface area contributed by atoms with E-state index in [1.54, 1.807) is 4.90 Å². The fourth-order valence-corrected chi connectivity index (χ4v) is 5.03. The standard InChI is InChI=1S/C26H35N5O3/c1-18-25(5,34-28-18)31(21-8-6-20(7-9-21)26(17-27)10-11-26)14-19-12-29(13-19)22-15-30(16-22)23(32)33-24(2,3)4/h6-9,19,22H,10-16H2,1-5H3. The highest BCUT2D eigenvalue weighted by molar-refractivity contribution is 5.95. The topological polar surface area (TPSA) is 81.4 Å². The molecule has 8 heteroatoms. The Morgan fingerprint density at radius 2 is 1.88 bits per heavy atom. The number of amides is 1. The van der Waals surface area contributed by atoms with E-state index in [-0.39, 0.29) is 11.5 Å². The fraction of sp³-hybridized carbons (Fsp3) is 0.654. The van der Waals surface area contributed by atoms with Crippen molar-refractivity contribution in [2.75, 3.05) is 37.6 Å². The molecule has 1 atom stereocenters. The molecule has 182 valence electrons. The average molecular weight is 466 g/mol. The van der Waals surface area contributed by atoms with E-state index in [9.17, 15) is 10.1 Å². The van der Waals surface area contributed by atoms with Crippen LogP contribution in [-0.4, -0.2) is 71.7 Å². The van der Waals surface area contributed by atoms with E-state index in [0.717, 1.165) is 62.5 Å². The number of rotatable bonds is 6. The second-order valence-corrected chi connectivity index (χ2v) is 11.5. The summed E-state index contributed by atoms with van der Waals surface area (Å²) in [6.07, 6.45) is 1.68. The second kappa shape index (κ2) is 7.88. The van der Waals surface area contributed by atoms with Crippen molar-refractivity contribution in [2.24, 2.45) is 11.1 Å². The molecule has 4 aliphatic rings. The first-order valence-corrected chi connectivity index (χ1v) is 12.3. The number of hydrogen-bond acceptors (Lipinski definition) is 7. The lowest BCUT2D eigenvalue weighted by Crippen LogP contribution is -2.68. The molecule has 3 heterocycles. The Balaban J connectivity index is 1.18. The molecule has 5 rings (SSSR count). The summed E-state index contributed by atoms with van der Waals surface area (Å²) in [5, 5.41) is 13.6. The minimum absolute atomic E-state index is 0.218. The van der Waals surface area contributed by atoms with E-state index < -0.39 is 11.3 Å². The maximum atomic E-state index is 12.2. The highest BCUT2D eigenvalue weighted by Crippen LogP contribution is 2.48. The van der Waals surface area contributed by atoms with E-state index in [0.29, 0.717) is 12.0 Å². The molecule has 3 fully saturated rings. The van der Waals surface area contributed by atoms with Gasteiger partial charge in [-0.15, -0.1) is 0 Å². The van der Waals surface area contributed by atoms with E-state index in [1.165, 1.54) is 0 Å². The first-order valence-electron chi connectivity index (χ1n) is 12.3. The minimum Gasteiger partial charge on any atom is -0.444 e. The molecular formula is C26H35N5O3. The number of carbonyl (C=O) groups excluding carboxylic acids is 1. The van der Waals surface area contributed by atoms with Crippen molar-refractivity contribution in [3.05, 3.63) is 29.8 Å². The van der Waals surface area contributed by atoms with Crippen molar-refractivity contribution in [1.29, 1.82) is 5.26 Å². The Kier molecular flexibility index (Phi) is 5.32. The molecule has 0 spiro atoms. The van der Waals surface area contributed by atoms with Crippen LogP contribution in [0.1, 0.15) is 53.0 Å². The number of nitriles is 1. The minimum atomic E-state index is -0.543. The predicted molar refractivity (Wildman–Crippen MR) is 130 cm³/mol. The predicted octanol–water partition coefficient (Wildman–Crippen LogP) is 3.72. The second-order valence-electron chi connectivity index (χ2n) is 11.5. The summed E-state index contributed by atoms with van der Waals surface area (Å²) in [6.45, 7) is 14.1. The van der Waals surface area contributed by atoms with Crippen LogP contribution >= 0.6 is 0 Å². The zero-order valence-electron chi connectivity index (χ0n) is 20.9.